The van der Waals surface area contributed by atoms with Crippen LogP contribution in [0.5, 0.6) is 11.5 Å². The van der Waals surface area contributed by atoms with Crippen LogP contribution in [0.2, 0.25) is 0 Å². The van der Waals surface area contributed by atoms with E-state index in [1.165, 1.54) is 24.4 Å². The largest absolute Gasteiger partial charge is 0.493 e. The van der Waals surface area contributed by atoms with Crippen molar-refractivity contribution in [3.05, 3.63) is 48.0 Å². The van der Waals surface area contributed by atoms with Gasteiger partial charge >= 0.3 is 0 Å². The number of hydrogen-bond acceptors (Lipinski definition) is 7. The average molecular weight is 500 g/mol. The standard InChI is InChI=1S/C26H33N3O5S/c1-17(2)18-7-9-19(10-8-18)28-26-29(13-6-14-32-3)25(31)23(35-26)16-24(30)27-20-11-12-21(33-4)22(15-20)34-5/h7-12,15,17,23H,6,13-14,16H2,1-5H3,(H,27,30). The molecule has 9 heteroatoms. The first-order chi connectivity index (χ1) is 16.9. The highest BCUT2D eigenvalue weighted by molar-refractivity contribution is 8.15. The number of thioether (sulfide) groups is 1. The average Bonchev–Trinajstić information content (AvgIpc) is 3.13. The molecule has 0 aromatic heterocycles. The Kier molecular flexibility index (Phi) is 9.56. The molecule has 35 heavy (non-hydrogen) atoms. The lowest BCUT2D eigenvalue weighted by Gasteiger charge is -2.16. The molecule has 0 aliphatic carbocycles. The molecule has 3 rings (SSSR count). The summed E-state index contributed by atoms with van der Waals surface area (Å²) in [4.78, 5) is 32.4. The van der Waals surface area contributed by atoms with Crippen molar-refractivity contribution in [1.82, 2.24) is 4.90 Å². The van der Waals surface area contributed by atoms with Crippen molar-refractivity contribution < 1.29 is 23.8 Å². The maximum absolute atomic E-state index is 13.2. The molecule has 1 unspecified atom stereocenters. The Morgan fingerprint density at radius 2 is 1.80 bits per heavy atom. The molecule has 2 amide bonds. The van der Waals surface area contributed by atoms with Gasteiger partial charge in [0.25, 0.3) is 0 Å². The molecule has 188 valence electrons. The van der Waals surface area contributed by atoms with Crippen LogP contribution in [-0.2, 0) is 14.3 Å². The second-order valence-corrected chi connectivity index (χ2v) is 9.58. The van der Waals surface area contributed by atoms with Gasteiger partial charge in [-0.05, 0) is 42.2 Å². The minimum atomic E-state index is -0.550. The fraction of sp³-hybridized carbons (Fsp3) is 0.423. The summed E-state index contributed by atoms with van der Waals surface area (Å²) in [6.45, 7) is 5.30. The zero-order valence-electron chi connectivity index (χ0n) is 20.9. The predicted octanol–water partition coefficient (Wildman–Crippen LogP) is 4.82. The number of nitrogens with one attached hydrogen (secondary N) is 1. The number of nitrogens with zero attached hydrogens (tertiary/aromatic N) is 2. The van der Waals surface area contributed by atoms with E-state index in [2.05, 4.69) is 31.3 Å². The number of carbonyl (C=O) groups is 2. The van der Waals surface area contributed by atoms with Crippen molar-refractivity contribution in [2.24, 2.45) is 4.99 Å². The molecule has 1 aliphatic heterocycles. The number of methoxy groups -OCH3 is 3. The fourth-order valence-electron chi connectivity index (χ4n) is 3.64. The van der Waals surface area contributed by atoms with Crippen LogP contribution in [0, 0.1) is 0 Å². The second kappa shape index (κ2) is 12.6. The van der Waals surface area contributed by atoms with Crippen LogP contribution < -0.4 is 14.8 Å². The topological polar surface area (TPSA) is 89.5 Å². The summed E-state index contributed by atoms with van der Waals surface area (Å²) >= 11 is 1.32. The van der Waals surface area contributed by atoms with Crippen molar-refractivity contribution in [2.45, 2.75) is 37.9 Å². The molecule has 1 heterocycles. The third-order valence-electron chi connectivity index (χ3n) is 5.57. The Bertz CT molecular complexity index is 1060. The predicted molar refractivity (Wildman–Crippen MR) is 140 cm³/mol. The molecule has 1 saturated heterocycles. The van der Waals surface area contributed by atoms with Crippen LogP contribution in [0.25, 0.3) is 0 Å². The number of carbonyl (C=O) groups excluding carboxylic acids is 2. The van der Waals surface area contributed by atoms with E-state index in [4.69, 9.17) is 19.2 Å². The first-order valence-corrected chi connectivity index (χ1v) is 12.4. The Morgan fingerprint density at radius 3 is 2.43 bits per heavy atom. The highest BCUT2D eigenvalue weighted by atomic mass is 32.2. The zero-order chi connectivity index (χ0) is 25.4. The van der Waals surface area contributed by atoms with E-state index < -0.39 is 5.25 Å². The Morgan fingerprint density at radius 1 is 1.09 bits per heavy atom. The maximum atomic E-state index is 13.2. The van der Waals surface area contributed by atoms with E-state index in [-0.39, 0.29) is 18.2 Å². The van der Waals surface area contributed by atoms with E-state index in [0.29, 0.717) is 47.8 Å². The molecule has 1 N–H and O–H groups in total. The van der Waals surface area contributed by atoms with Gasteiger partial charge in [0, 0.05) is 38.4 Å². The Labute approximate surface area is 211 Å². The van der Waals surface area contributed by atoms with Gasteiger partial charge in [-0.1, -0.05) is 37.7 Å². The normalized spacial score (nSPS) is 16.7. The minimum absolute atomic E-state index is 0.0317. The molecule has 0 bridgehead atoms. The lowest BCUT2D eigenvalue weighted by atomic mass is 10.0. The van der Waals surface area contributed by atoms with Crippen molar-refractivity contribution in [1.29, 1.82) is 0 Å². The summed E-state index contributed by atoms with van der Waals surface area (Å²) in [7, 11) is 4.72. The molecule has 0 saturated carbocycles. The maximum Gasteiger partial charge on any atom is 0.242 e. The van der Waals surface area contributed by atoms with E-state index in [9.17, 15) is 9.59 Å². The highest BCUT2D eigenvalue weighted by Crippen LogP contribution is 2.33. The van der Waals surface area contributed by atoms with E-state index >= 15 is 0 Å². The third-order valence-corrected chi connectivity index (χ3v) is 6.75. The van der Waals surface area contributed by atoms with E-state index in [1.54, 1.807) is 37.3 Å². The van der Waals surface area contributed by atoms with Gasteiger partial charge in [-0.2, -0.15) is 0 Å². The lowest BCUT2D eigenvalue weighted by Crippen LogP contribution is -2.34. The minimum Gasteiger partial charge on any atom is -0.493 e. The van der Waals surface area contributed by atoms with Crippen LogP contribution in [0.1, 0.15) is 38.2 Å². The van der Waals surface area contributed by atoms with Crippen LogP contribution >= 0.6 is 11.8 Å². The summed E-state index contributed by atoms with van der Waals surface area (Å²) < 4.78 is 15.7. The second-order valence-electron chi connectivity index (χ2n) is 8.41. The molecule has 2 aromatic carbocycles. The Balaban J connectivity index is 1.73. The summed E-state index contributed by atoms with van der Waals surface area (Å²) in [6, 6.07) is 13.1. The molecule has 8 nitrogen and oxygen atoms in total. The highest BCUT2D eigenvalue weighted by Gasteiger charge is 2.39. The molecule has 1 atom stereocenters. The number of hydrogen-bond donors (Lipinski definition) is 1. The van der Waals surface area contributed by atoms with Gasteiger partial charge in [0.2, 0.25) is 11.8 Å². The monoisotopic (exact) mass is 499 g/mol. The van der Waals surface area contributed by atoms with Crippen LogP contribution in [0.3, 0.4) is 0 Å². The molecular formula is C26H33N3O5S. The third kappa shape index (κ3) is 6.99. The zero-order valence-corrected chi connectivity index (χ0v) is 21.7. The quantitative estimate of drug-likeness (QED) is 0.446. The van der Waals surface area contributed by atoms with Crippen LogP contribution in [-0.4, -0.2) is 61.6 Å². The lowest BCUT2D eigenvalue weighted by molar-refractivity contribution is -0.128. The van der Waals surface area contributed by atoms with Gasteiger partial charge in [0.1, 0.15) is 5.25 Å². The number of aliphatic imine (C=N–C) groups is 1. The summed E-state index contributed by atoms with van der Waals surface area (Å²) in [5.41, 5.74) is 2.57. The molecule has 1 aliphatic rings. The number of ether oxygens (including phenoxy) is 3. The number of rotatable bonds is 11. The van der Waals surface area contributed by atoms with Gasteiger partial charge in [0.05, 0.1) is 19.9 Å². The summed E-state index contributed by atoms with van der Waals surface area (Å²) in [6.07, 6.45) is 0.711. The first-order valence-electron chi connectivity index (χ1n) is 11.5. The number of benzene rings is 2. The van der Waals surface area contributed by atoms with Crippen molar-refractivity contribution in [3.8, 4) is 11.5 Å². The smallest absolute Gasteiger partial charge is 0.242 e. The van der Waals surface area contributed by atoms with Gasteiger partial charge in [-0.15, -0.1) is 0 Å². The Hall–Kier alpha value is -3.04. The van der Waals surface area contributed by atoms with Crippen molar-refractivity contribution in [3.63, 3.8) is 0 Å². The molecule has 1 fully saturated rings. The van der Waals surface area contributed by atoms with Crippen LogP contribution in [0.4, 0.5) is 11.4 Å². The summed E-state index contributed by atoms with van der Waals surface area (Å²) in [5, 5.41) is 2.90. The fourth-order valence-corrected chi connectivity index (χ4v) is 4.82. The number of amides is 2. The number of anilines is 1. The number of amidine groups is 1. The van der Waals surface area contributed by atoms with E-state index in [0.717, 1.165) is 5.69 Å². The SMILES string of the molecule is COCCCN1C(=O)C(CC(=O)Nc2ccc(OC)c(OC)c2)SC1=Nc1ccc(C(C)C)cc1. The van der Waals surface area contributed by atoms with Crippen molar-refractivity contribution in [2.75, 3.05) is 39.8 Å². The molecule has 0 spiro atoms. The van der Waals surface area contributed by atoms with Gasteiger partial charge in [0.15, 0.2) is 16.7 Å². The van der Waals surface area contributed by atoms with Gasteiger partial charge in [-0.3, -0.25) is 14.5 Å². The molecular weight excluding hydrogens is 466 g/mol. The molecule has 0 radical (unpaired) electrons. The summed E-state index contributed by atoms with van der Waals surface area (Å²) in [5.74, 6) is 1.13. The molecule has 2 aromatic rings. The van der Waals surface area contributed by atoms with Crippen LogP contribution in [0.15, 0.2) is 47.5 Å². The van der Waals surface area contributed by atoms with Crippen molar-refractivity contribution >= 4 is 40.1 Å². The van der Waals surface area contributed by atoms with Gasteiger partial charge < -0.3 is 19.5 Å². The van der Waals surface area contributed by atoms with E-state index in [1.807, 2.05) is 12.1 Å². The first kappa shape index (κ1) is 26.6. The van der Waals surface area contributed by atoms with Gasteiger partial charge in [-0.25, -0.2) is 4.99 Å².